The van der Waals surface area contributed by atoms with Crippen molar-refractivity contribution in [2.75, 3.05) is 6.54 Å². The first-order valence-electron chi connectivity index (χ1n) is 6.36. The lowest BCUT2D eigenvalue weighted by Gasteiger charge is -2.31. The summed E-state index contributed by atoms with van der Waals surface area (Å²) in [6.45, 7) is 2.28. The van der Waals surface area contributed by atoms with Crippen molar-refractivity contribution in [1.29, 1.82) is 0 Å². The highest BCUT2D eigenvalue weighted by Crippen LogP contribution is 2.24. The molecule has 2 rings (SSSR count). The summed E-state index contributed by atoms with van der Waals surface area (Å²) in [5, 5.41) is 10.5. The Bertz CT molecular complexity index is 584. The lowest BCUT2D eigenvalue weighted by molar-refractivity contribution is -0.384. The zero-order chi connectivity index (χ0) is 14.8. The van der Waals surface area contributed by atoms with Gasteiger partial charge in [-0.1, -0.05) is 6.42 Å². The van der Waals surface area contributed by atoms with E-state index >= 15 is 0 Å². The van der Waals surface area contributed by atoms with Gasteiger partial charge in [0.2, 0.25) is 0 Å². The van der Waals surface area contributed by atoms with Gasteiger partial charge in [0.05, 0.1) is 4.92 Å². The number of piperidine rings is 1. The molecule has 0 unspecified atom stereocenters. The molecule has 1 aliphatic rings. The monoisotopic (exact) mass is 300 g/mol. The van der Waals surface area contributed by atoms with Crippen molar-refractivity contribution in [3.8, 4) is 5.75 Å². The Kier molecular flexibility index (Phi) is 4.24. The molecule has 0 saturated carbocycles. The summed E-state index contributed by atoms with van der Waals surface area (Å²) in [6, 6.07) is 4.90. The fourth-order valence-electron chi connectivity index (χ4n) is 2.20. The quantitative estimate of drug-likeness (QED) is 0.627. The number of benzene rings is 1. The Labute approximate surface area is 117 Å². The van der Waals surface area contributed by atoms with E-state index in [1.165, 1.54) is 28.6 Å². The molecule has 0 amide bonds. The molecule has 0 N–H and O–H groups in total. The van der Waals surface area contributed by atoms with Crippen LogP contribution in [0.4, 0.5) is 5.69 Å². The van der Waals surface area contributed by atoms with Gasteiger partial charge in [0.1, 0.15) is 5.75 Å². The second kappa shape index (κ2) is 5.76. The molecule has 1 aromatic rings. The van der Waals surface area contributed by atoms with Crippen molar-refractivity contribution in [3.05, 3.63) is 34.4 Å². The van der Waals surface area contributed by atoms with Crippen LogP contribution in [0.5, 0.6) is 5.75 Å². The summed E-state index contributed by atoms with van der Waals surface area (Å²) < 4.78 is 30.7. The molecular weight excluding hydrogens is 284 g/mol. The van der Waals surface area contributed by atoms with Crippen molar-refractivity contribution < 1.29 is 17.5 Å². The SMILES string of the molecule is C[C@H]1CCCCN1S(=O)(=O)Oc1ccc([N+](=O)[O-])cc1. The maximum absolute atomic E-state index is 12.2. The van der Waals surface area contributed by atoms with Gasteiger partial charge in [0.25, 0.3) is 5.69 Å². The van der Waals surface area contributed by atoms with Crippen molar-refractivity contribution >= 4 is 16.0 Å². The van der Waals surface area contributed by atoms with Crippen LogP contribution in [0.3, 0.4) is 0 Å². The summed E-state index contributed by atoms with van der Waals surface area (Å²) in [5.74, 6) is 0.0772. The summed E-state index contributed by atoms with van der Waals surface area (Å²) >= 11 is 0. The summed E-state index contributed by atoms with van der Waals surface area (Å²) in [5.41, 5.74) is -0.110. The second-order valence-corrected chi connectivity index (χ2v) is 6.24. The number of nitrogens with zero attached hydrogens (tertiary/aromatic N) is 2. The third-order valence-corrected chi connectivity index (χ3v) is 4.80. The lowest BCUT2D eigenvalue weighted by Crippen LogP contribution is -2.44. The molecule has 0 radical (unpaired) electrons. The Balaban J connectivity index is 2.13. The highest BCUT2D eigenvalue weighted by Gasteiger charge is 2.31. The van der Waals surface area contributed by atoms with Crippen molar-refractivity contribution in [3.63, 3.8) is 0 Å². The van der Waals surface area contributed by atoms with Crippen LogP contribution >= 0.6 is 0 Å². The third kappa shape index (κ3) is 3.26. The van der Waals surface area contributed by atoms with Gasteiger partial charge in [0.15, 0.2) is 0 Å². The Morgan fingerprint density at radius 2 is 1.95 bits per heavy atom. The van der Waals surface area contributed by atoms with Gasteiger partial charge in [-0.2, -0.15) is 12.7 Å². The minimum absolute atomic E-state index is 0.0772. The predicted octanol–water partition coefficient (Wildman–Crippen LogP) is 2.09. The van der Waals surface area contributed by atoms with E-state index < -0.39 is 15.2 Å². The van der Waals surface area contributed by atoms with E-state index in [0.29, 0.717) is 6.54 Å². The first-order chi connectivity index (χ1) is 9.40. The van der Waals surface area contributed by atoms with Gasteiger partial charge in [-0.05, 0) is 31.9 Å². The van der Waals surface area contributed by atoms with Crippen LogP contribution in [-0.2, 0) is 10.3 Å². The summed E-state index contributed by atoms with van der Waals surface area (Å²) in [6.07, 6.45) is 2.63. The fraction of sp³-hybridized carbons (Fsp3) is 0.500. The van der Waals surface area contributed by atoms with Crippen molar-refractivity contribution in [2.24, 2.45) is 0 Å². The molecule has 0 bridgehead atoms. The number of nitro groups is 1. The van der Waals surface area contributed by atoms with E-state index in [9.17, 15) is 18.5 Å². The van der Waals surface area contributed by atoms with Crippen LogP contribution in [0.2, 0.25) is 0 Å². The van der Waals surface area contributed by atoms with Crippen LogP contribution in [0.15, 0.2) is 24.3 Å². The molecule has 0 aromatic heterocycles. The van der Waals surface area contributed by atoms with E-state index in [1.807, 2.05) is 6.92 Å². The maximum atomic E-state index is 12.2. The number of nitro benzene ring substituents is 1. The topological polar surface area (TPSA) is 89.8 Å². The van der Waals surface area contributed by atoms with E-state index in [4.69, 9.17) is 4.18 Å². The highest BCUT2D eigenvalue weighted by atomic mass is 32.2. The number of hydrogen-bond acceptors (Lipinski definition) is 5. The molecule has 1 fully saturated rings. The first kappa shape index (κ1) is 14.7. The fourth-order valence-corrected chi connectivity index (χ4v) is 3.55. The second-order valence-electron chi connectivity index (χ2n) is 4.75. The van der Waals surface area contributed by atoms with Crippen molar-refractivity contribution in [2.45, 2.75) is 32.2 Å². The molecule has 1 atom stereocenters. The predicted molar refractivity (Wildman–Crippen MR) is 72.7 cm³/mol. The average Bonchev–Trinajstić information content (AvgIpc) is 2.39. The lowest BCUT2D eigenvalue weighted by atomic mass is 10.1. The van der Waals surface area contributed by atoms with Crippen LogP contribution in [0, 0.1) is 10.1 Å². The van der Waals surface area contributed by atoms with Gasteiger partial charge < -0.3 is 4.18 Å². The minimum Gasteiger partial charge on any atom is -0.371 e. The van der Waals surface area contributed by atoms with Gasteiger partial charge in [0, 0.05) is 24.7 Å². The Morgan fingerprint density at radius 3 is 2.50 bits per heavy atom. The van der Waals surface area contributed by atoms with Crippen LogP contribution < -0.4 is 4.18 Å². The zero-order valence-corrected chi connectivity index (χ0v) is 11.9. The Hall–Kier alpha value is -1.67. The van der Waals surface area contributed by atoms with Crippen molar-refractivity contribution in [1.82, 2.24) is 4.31 Å². The molecule has 7 nitrogen and oxygen atoms in total. The number of hydrogen-bond donors (Lipinski definition) is 0. The molecule has 1 saturated heterocycles. The third-order valence-electron chi connectivity index (χ3n) is 3.28. The standard InChI is InChI=1S/C12H16N2O5S/c1-10-4-2-3-9-13(10)20(17,18)19-12-7-5-11(6-8-12)14(15)16/h5-8,10H,2-4,9H2,1H3/t10-/m0/s1. The average molecular weight is 300 g/mol. The van der Waals surface area contributed by atoms with E-state index in [1.54, 1.807) is 0 Å². The maximum Gasteiger partial charge on any atom is 0.385 e. The highest BCUT2D eigenvalue weighted by molar-refractivity contribution is 7.84. The molecule has 1 heterocycles. The number of non-ortho nitro benzene ring substituents is 1. The Morgan fingerprint density at radius 1 is 1.30 bits per heavy atom. The number of rotatable bonds is 4. The van der Waals surface area contributed by atoms with Crippen LogP contribution in [0.25, 0.3) is 0 Å². The molecular formula is C12H16N2O5S. The first-order valence-corrected chi connectivity index (χ1v) is 7.72. The molecule has 1 aliphatic heterocycles. The van der Waals surface area contributed by atoms with Gasteiger partial charge in [-0.25, -0.2) is 0 Å². The molecule has 0 spiro atoms. The summed E-state index contributed by atoms with van der Waals surface area (Å²) in [4.78, 5) is 9.98. The molecule has 20 heavy (non-hydrogen) atoms. The van der Waals surface area contributed by atoms with Gasteiger partial charge >= 0.3 is 10.3 Å². The largest absolute Gasteiger partial charge is 0.385 e. The van der Waals surface area contributed by atoms with E-state index in [-0.39, 0.29) is 17.5 Å². The van der Waals surface area contributed by atoms with Crippen LogP contribution in [-0.4, -0.2) is 30.2 Å². The molecule has 8 heteroatoms. The zero-order valence-electron chi connectivity index (χ0n) is 11.1. The molecule has 110 valence electrons. The van der Waals surface area contributed by atoms with E-state index in [0.717, 1.165) is 19.3 Å². The summed E-state index contributed by atoms with van der Waals surface area (Å²) in [7, 11) is -3.86. The van der Waals surface area contributed by atoms with Gasteiger partial charge in [-0.15, -0.1) is 0 Å². The van der Waals surface area contributed by atoms with E-state index in [2.05, 4.69) is 0 Å². The smallest absolute Gasteiger partial charge is 0.371 e. The molecule has 0 aliphatic carbocycles. The molecule has 1 aromatic carbocycles. The van der Waals surface area contributed by atoms with Crippen LogP contribution in [0.1, 0.15) is 26.2 Å². The van der Waals surface area contributed by atoms with Gasteiger partial charge in [-0.3, -0.25) is 10.1 Å². The minimum atomic E-state index is -3.86. The normalized spacial score (nSPS) is 20.6.